The van der Waals surface area contributed by atoms with Crippen LogP contribution < -0.4 is 5.32 Å². The number of aromatic nitrogens is 1. The molecule has 0 aliphatic rings. The predicted molar refractivity (Wildman–Crippen MR) is 83.3 cm³/mol. The van der Waals surface area contributed by atoms with Crippen molar-refractivity contribution in [1.29, 1.82) is 0 Å². The highest BCUT2D eigenvalue weighted by atomic mass is 19.1. The highest BCUT2D eigenvalue weighted by molar-refractivity contribution is 5.83. The van der Waals surface area contributed by atoms with Crippen LogP contribution >= 0.6 is 0 Å². The molecule has 0 saturated heterocycles. The van der Waals surface area contributed by atoms with E-state index in [4.69, 9.17) is 4.52 Å². The molecule has 5 nitrogen and oxygen atoms in total. The summed E-state index contributed by atoms with van der Waals surface area (Å²) in [6.45, 7) is 6.27. The van der Waals surface area contributed by atoms with Crippen LogP contribution in [0.25, 0.3) is 0 Å². The summed E-state index contributed by atoms with van der Waals surface area (Å²) in [5.74, 6) is -1.94. The number of aliphatic hydroxyl groups is 1. The first-order valence-electron chi connectivity index (χ1n) is 7.52. The number of halogens is 2. The molecule has 1 heterocycles. The van der Waals surface area contributed by atoms with Gasteiger partial charge in [-0.05, 0) is 33.8 Å². The second-order valence-electron chi connectivity index (χ2n) is 6.08. The maximum absolute atomic E-state index is 13.8. The molecule has 1 amide bonds. The fraction of sp³-hybridized carbons (Fsp3) is 0.412. The summed E-state index contributed by atoms with van der Waals surface area (Å²) in [6, 6.07) is 2.91. The van der Waals surface area contributed by atoms with Gasteiger partial charge >= 0.3 is 0 Å². The molecule has 1 aromatic carbocycles. The maximum atomic E-state index is 13.8. The van der Waals surface area contributed by atoms with E-state index in [0.717, 1.165) is 12.1 Å². The van der Waals surface area contributed by atoms with Crippen molar-refractivity contribution < 1.29 is 23.2 Å². The van der Waals surface area contributed by atoms with Crippen LogP contribution in [0.5, 0.6) is 0 Å². The summed E-state index contributed by atoms with van der Waals surface area (Å²) in [6.07, 6.45) is 0. The van der Waals surface area contributed by atoms with Crippen molar-refractivity contribution in [1.82, 2.24) is 10.5 Å². The minimum atomic E-state index is -1.67. The van der Waals surface area contributed by atoms with Gasteiger partial charge in [-0.15, -0.1) is 0 Å². The number of rotatable bonds is 5. The van der Waals surface area contributed by atoms with Crippen LogP contribution in [0, 0.1) is 25.5 Å². The van der Waals surface area contributed by atoms with Crippen LogP contribution in [0.2, 0.25) is 0 Å². The number of aryl methyl sites for hydroxylation is 2. The molecule has 0 aliphatic carbocycles. The molecule has 0 aliphatic heterocycles. The van der Waals surface area contributed by atoms with Crippen molar-refractivity contribution in [2.24, 2.45) is 0 Å². The molecule has 0 fully saturated rings. The third-order valence-electron chi connectivity index (χ3n) is 4.03. The first-order valence-corrected chi connectivity index (χ1v) is 7.52. The molecule has 7 heteroatoms. The molecule has 1 aromatic heterocycles. The van der Waals surface area contributed by atoms with E-state index in [1.165, 1.54) is 6.92 Å². The lowest BCUT2D eigenvalue weighted by atomic mass is 9.94. The average molecular weight is 338 g/mol. The zero-order chi connectivity index (χ0) is 18.1. The molecule has 2 N–H and O–H groups in total. The monoisotopic (exact) mass is 338 g/mol. The molecule has 24 heavy (non-hydrogen) atoms. The summed E-state index contributed by atoms with van der Waals surface area (Å²) in [7, 11) is 0. The van der Waals surface area contributed by atoms with Crippen molar-refractivity contribution in [2.75, 3.05) is 6.54 Å². The lowest BCUT2D eigenvalue weighted by Crippen LogP contribution is -2.40. The lowest BCUT2D eigenvalue weighted by Gasteiger charge is -2.25. The molecule has 0 saturated carbocycles. The summed E-state index contributed by atoms with van der Waals surface area (Å²) in [4.78, 5) is 12.3. The van der Waals surface area contributed by atoms with Gasteiger partial charge < -0.3 is 14.9 Å². The van der Waals surface area contributed by atoms with Gasteiger partial charge in [0.05, 0.1) is 18.2 Å². The van der Waals surface area contributed by atoms with Gasteiger partial charge in [0.25, 0.3) is 0 Å². The smallest absolute Gasteiger partial charge is 0.227 e. The molecule has 2 aromatic rings. The lowest BCUT2D eigenvalue weighted by molar-refractivity contribution is -0.123. The third kappa shape index (κ3) is 3.62. The van der Waals surface area contributed by atoms with Crippen molar-refractivity contribution in [3.05, 3.63) is 52.4 Å². The second kappa shape index (κ2) is 6.68. The third-order valence-corrected chi connectivity index (χ3v) is 4.03. The van der Waals surface area contributed by atoms with Gasteiger partial charge in [0.15, 0.2) is 0 Å². The number of carbonyl (C=O) groups excluding carboxylic acids is 1. The van der Waals surface area contributed by atoms with Crippen molar-refractivity contribution in [3.8, 4) is 0 Å². The van der Waals surface area contributed by atoms with E-state index in [0.29, 0.717) is 23.1 Å². The second-order valence-corrected chi connectivity index (χ2v) is 6.08. The first kappa shape index (κ1) is 18.1. The van der Waals surface area contributed by atoms with Gasteiger partial charge in [0.1, 0.15) is 23.0 Å². The van der Waals surface area contributed by atoms with E-state index < -0.39 is 23.2 Å². The number of benzene rings is 1. The van der Waals surface area contributed by atoms with E-state index in [2.05, 4.69) is 10.5 Å². The summed E-state index contributed by atoms with van der Waals surface area (Å²) in [5, 5.41) is 16.8. The molecule has 0 spiro atoms. The summed E-state index contributed by atoms with van der Waals surface area (Å²) >= 11 is 0. The maximum Gasteiger partial charge on any atom is 0.227 e. The zero-order valence-electron chi connectivity index (χ0n) is 14.0. The van der Waals surface area contributed by atoms with E-state index in [9.17, 15) is 18.7 Å². The van der Waals surface area contributed by atoms with E-state index in [1.807, 2.05) is 0 Å². The average Bonchev–Trinajstić information content (AvgIpc) is 2.82. The molecular formula is C17H20F2N2O3. The molecule has 130 valence electrons. The van der Waals surface area contributed by atoms with Crippen LogP contribution in [0.15, 0.2) is 22.7 Å². The fourth-order valence-electron chi connectivity index (χ4n) is 2.67. The highest BCUT2D eigenvalue weighted by Gasteiger charge is 2.29. The Balaban J connectivity index is 2.10. The van der Waals surface area contributed by atoms with Crippen LogP contribution in [0.3, 0.4) is 0 Å². The molecule has 2 rings (SSSR count). The van der Waals surface area contributed by atoms with Gasteiger partial charge in [0, 0.05) is 17.2 Å². The van der Waals surface area contributed by atoms with Gasteiger partial charge in [-0.1, -0.05) is 11.2 Å². The highest BCUT2D eigenvalue weighted by Crippen LogP contribution is 2.25. The zero-order valence-corrected chi connectivity index (χ0v) is 14.0. The fourth-order valence-corrected chi connectivity index (χ4v) is 2.67. The van der Waals surface area contributed by atoms with Crippen LogP contribution in [-0.4, -0.2) is 22.7 Å². The Hall–Kier alpha value is -2.28. The van der Waals surface area contributed by atoms with Crippen molar-refractivity contribution in [2.45, 2.75) is 39.2 Å². The van der Waals surface area contributed by atoms with E-state index >= 15 is 0 Å². The Morgan fingerprint density at radius 2 is 2.08 bits per heavy atom. The summed E-state index contributed by atoms with van der Waals surface area (Å²) in [5.41, 5.74) is -0.466. The standard InChI is InChI=1S/C17H20F2N2O3/c1-9(15-10(2)21-24-11(15)3)16(22)20-8-17(4,23)13-6-5-12(18)7-14(13)19/h5-7,9,23H,8H2,1-4H3,(H,20,22). The minimum absolute atomic E-state index is 0.0887. The normalized spacial score (nSPS) is 15.0. The Kier molecular flexibility index (Phi) is 5.03. The van der Waals surface area contributed by atoms with Gasteiger partial charge in [-0.2, -0.15) is 0 Å². The van der Waals surface area contributed by atoms with Crippen molar-refractivity contribution in [3.63, 3.8) is 0 Å². The quantitative estimate of drug-likeness (QED) is 0.879. The number of hydrogen-bond acceptors (Lipinski definition) is 4. The Morgan fingerprint density at radius 1 is 1.42 bits per heavy atom. The largest absolute Gasteiger partial charge is 0.383 e. The van der Waals surface area contributed by atoms with Crippen LogP contribution in [0.1, 0.15) is 42.3 Å². The van der Waals surface area contributed by atoms with Gasteiger partial charge in [-0.3, -0.25) is 4.79 Å². The number of nitrogens with zero attached hydrogens (tertiary/aromatic N) is 1. The number of nitrogens with one attached hydrogen (secondary N) is 1. The minimum Gasteiger partial charge on any atom is -0.383 e. The Labute approximate surface area is 138 Å². The number of amides is 1. The molecule has 2 unspecified atom stereocenters. The SMILES string of the molecule is Cc1noc(C)c1C(C)C(=O)NCC(C)(O)c1ccc(F)cc1F. The summed E-state index contributed by atoms with van der Waals surface area (Å²) < 4.78 is 31.9. The molecule has 0 bridgehead atoms. The Bertz CT molecular complexity index is 737. The molecule has 0 radical (unpaired) electrons. The predicted octanol–water partition coefficient (Wildman–Crippen LogP) is 2.70. The number of carbonyl (C=O) groups is 1. The molecule has 2 atom stereocenters. The van der Waals surface area contributed by atoms with E-state index in [1.54, 1.807) is 20.8 Å². The van der Waals surface area contributed by atoms with Gasteiger partial charge in [0.2, 0.25) is 5.91 Å². The van der Waals surface area contributed by atoms with Gasteiger partial charge in [-0.25, -0.2) is 8.78 Å². The van der Waals surface area contributed by atoms with E-state index in [-0.39, 0.29) is 18.0 Å². The van der Waals surface area contributed by atoms with Crippen LogP contribution in [0.4, 0.5) is 8.78 Å². The Morgan fingerprint density at radius 3 is 2.62 bits per heavy atom. The topological polar surface area (TPSA) is 75.4 Å². The molecular weight excluding hydrogens is 318 g/mol. The number of hydrogen-bond donors (Lipinski definition) is 2. The van der Waals surface area contributed by atoms with Crippen LogP contribution in [-0.2, 0) is 10.4 Å². The van der Waals surface area contributed by atoms with Crippen molar-refractivity contribution >= 4 is 5.91 Å². The first-order chi connectivity index (χ1) is 11.1.